The summed E-state index contributed by atoms with van der Waals surface area (Å²) in [5.41, 5.74) is 0.579. The molecular formula is C18H27N3O3. The molecule has 1 aromatic heterocycles. The highest BCUT2D eigenvalue weighted by Gasteiger charge is 2.23. The number of aromatic nitrogens is 1. The third kappa shape index (κ3) is 4.45. The van der Waals surface area contributed by atoms with Crippen LogP contribution in [0.5, 0.6) is 5.88 Å². The minimum absolute atomic E-state index is 0.0666. The summed E-state index contributed by atoms with van der Waals surface area (Å²) in [5.74, 6) is 0.509. The van der Waals surface area contributed by atoms with Gasteiger partial charge in [0.05, 0.1) is 18.8 Å². The summed E-state index contributed by atoms with van der Waals surface area (Å²) in [4.78, 5) is 19.0. The van der Waals surface area contributed by atoms with Crippen molar-refractivity contribution in [3.63, 3.8) is 0 Å². The Hall–Kier alpha value is -1.66. The van der Waals surface area contributed by atoms with Crippen molar-refractivity contribution in [2.45, 2.75) is 44.8 Å². The van der Waals surface area contributed by atoms with Crippen molar-refractivity contribution < 1.29 is 14.3 Å². The average Bonchev–Trinajstić information content (AvgIpc) is 3.09. The first-order valence-electron chi connectivity index (χ1n) is 8.99. The van der Waals surface area contributed by atoms with E-state index in [1.165, 1.54) is 6.42 Å². The molecule has 6 nitrogen and oxygen atoms in total. The van der Waals surface area contributed by atoms with Crippen molar-refractivity contribution in [3.05, 3.63) is 23.9 Å². The number of rotatable bonds is 6. The number of pyridine rings is 1. The Morgan fingerprint density at radius 1 is 1.38 bits per heavy atom. The Balaban J connectivity index is 1.48. The number of ether oxygens (including phenoxy) is 2. The summed E-state index contributed by atoms with van der Waals surface area (Å²) in [6.07, 6.45) is 5.90. The summed E-state index contributed by atoms with van der Waals surface area (Å²) in [7, 11) is 0. The molecule has 3 rings (SSSR count). The predicted molar refractivity (Wildman–Crippen MR) is 91.3 cm³/mol. The normalized spacial score (nSPS) is 22.5. The van der Waals surface area contributed by atoms with Crippen LogP contribution in [0.1, 0.15) is 43.0 Å². The molecule has 2 aliphatic heterocycles. The van der Waals surface area contributed by atoms with Crippen LogP contribution in [0.3, 0.4) is 0 Å². The summed E-state index contributed by atoms with van der Waals surface area (Å²) < 4.78 is 11.1. The van der Waals surface area contributed by atoms with Gasteiger partial charge >= 0.3 is 0 Å². The van der Waals surface area contributed by atoms with Crippen LogP contribution in [0.2, 0.25) is 0 Å². The molecule has 1 atom stereocenters. The van der Waals surface area contributed by atoms with E-state index in [4.69, 9.17) is 9.47 Å². The van der Waals surface area contributed by atoms with Crippen molar-refractivity contribution in [1.29, 1.82) is 0 Å². The van der Waals surface area contributed by atoms with Crippen LogP contribution in [0.4, 0.5) is 0 Å². The predicted octanol–water partition coefficient (Wildman–Crippen LogP) is 1.85. The van der Waals surface area contributed by atoms with Crippen molar-refractivity contribution in [2.75, 3.05) is 32.8 Å². The first-order chi connectivity index (χ1) is 11.8. The number of likely N-dealkylation sites (N-methyl/N-ethyl adjacent to an activating group) is 1. The fraction of sp³-hybridized carbons (Fsp3) is 0.667. The lowest BCUT2D eigenvalue weighted by atomic mass is 10.1. The second-order valence-corrected chi connectivity index (χ2v) is 6.45. The SMILES string of the molecule is CCN1CCC[C@H]1CNC(=O)c1ccc(OC2CCOCC2)nc1. The fourth-order valence-corrected chi connectivity index (χ4v) is 3.40. The topological polar surface area (TPSA) is 63.7 Å². The van der Waals surface area contributed by atoms with E-state index in [1.807, 2.05) is 0 Å². The Morgan fingerprint density at radius 3 is 2.92 bits per heavy atom. The van der Waals surface area contributed by atoms with Crippen LogP contribution in [-0.2, 0) is 4.74 Å². The quantitative estimate of drug-likeness (QED) is 0.861. The minimum atomic E-state index is -0.0666. The van der Waals surface area contributed by atoms with Crippen LogP contribution in [0.25, 0.3) is 0 Å². The van der Waals surface area contributed by atoms with Crippen molar-refractivity contribution in [3.8, 4) is 5.88 Å². The van der Waals surface area contributed by atoms with Crippen molar-refractivity contribution in [1.82, 2.24) is 15.2 Å². The molecule has 0 spiro atoms. The van der Waals surface area contributed by atoms with E-state index in [0.717, 1.165) is 45.6 Å². The second kappa shape index (κ2) is 8.44. The molecule has 24 heavy (non-hydrogen) atoms. The smallest absolute Gasteiger partial charge is 0.252 e. The molecule has 0 aromatic carbocycles. The zero-order valence-corrected chi connectivity index (χ0v) is 14.4. The van der Waals surface area contributed by atoms with Gasteiger partial charge < -0.3 is 14.8 Å². The van der Waals surface area contributed by atoms with Gasteiger partial charge in [-0.3, -0.25) is 9.69 Å². The fourth-order valence-electron chi connectivity index (χ4n) is 3.40. The van der Waals surface area contributed by atoms with Gasteiger partial charge in [-0.05, 0) is 32.0 Å². The molecule has 1 amide bonds. The molecule has 2 saturated heterocycles. The zero-order chi connectivity index (χ0) is 16.8. The summed E-state index contributed by atoms with van der Waals surface area (Å²) in [6, 6.07) is 4.02. The van der Waals surface area contributed by atoms with Gasteiger partial charge in [-0.25, -0.2) is 4.98 Å². The number of nitrogens with one attached hydrogen (secondary N) is 1. The van der Waals surface area contributed by atoms with Gasteiger partial charge in [0.2, 0.25) is 5.88 Å². The van der Waals surface area contributed by atoms with E-state index in [0.29, 0.717) is 24.0 Å². The maximum Gasteiger partial charge on any atom is 0.252 e. The number of hydrogen-bond acceptors (Lipinski definition) is 5. The number of carbonyl (C=O) groups excluding carboxylic acids is 1. The molecule has 1 aromatic rings. The Bertz CT molecular complexity index is 529. The first kappa shape index (κ1) is 17.2. The van der Waals surface area contributed by atoms with Crippen LogP contribution in [0.15, 0.2) is 18.3 Å². The maximum absolute atomic E-state index is 12.3. The van der Waals surface area contributed by atoms with Gasteiger partial charge in [0.15, 0.2) is 0 Å². The molecule has 0 saturated carbocycles. The highest BCUT2D eigenvalue weighted by atomic mass is 16.5. The standard InChI is InChI=1S/C18H27N3O3/c1-2-21-9-3-4-15(21)13-20-18(22)14-5-6-17(19-12-14)24-16-7-10-23-11-8-16/h5-6,12,15-16H,2-4,7-11,13H2,1H3,(H,20,22)/t15-/m0/s1. The minimum Gasteiger partial charge on any atom is -0.474 e. The summed E-state index contributed by atoms with van der Waals surface area (Å²) >= 11 is 0. The molecule has 2 fully saturated rings. The number of carbonyl (C=O) groups is 1. The van der Waals surface area contributed by atoms with Gasteiger partial charge in [0, 0.05) is 37.7 Å². The molecule has 1 N–H and O–H groups in total. The third-order valence-corrected chi connectivity index (χ3v) is 4.86. The molecule has 2 aliphatic rings. The van der Waals surface area contributed by atoms with Crippen molar-refractivity contribution >= 4 is 5.91 Å². The van der Waals surface area contributed by atoms with Crippen LogP contribution < -0.4 is 10.1 Å². The first-order valence-corrected chi connectivity index (χ1v) is 8.99. The largest absolute Gasteiger partial charge is 0.474 e. The third-order valence-electron chi connectivity index (χ3n) is 4.86. The molecule has 132 valence electrons. The van der Waals surface area contributed by atoms with E-state index in [-0.39, 0.29) is 12.0 Å². The molecule has 0 unspecified atom stereocenters. The van der Waals surface area contributed by atoms with Gasteiger partial charge in [0.1, 0.15) is 6.10 Å². The van der Waals surface area contributed by atoms with Crippen LogP contribution >= 0.6 is 0 Å². The van der Waals surface area contributed by atoms with E-state index in [9.17, 15) is 4.79 Å². The Morgan fingerprint density at radius 2 is 2.21 bits per heavy atom. The summed E-state index contributed by atoms with van der Waals surface area (Å²) in [5, 5.41) is 3.03. The Kier molecular flexibility index (Phi) is 6.04. The molecule has 0 radical (unpaired) electrons. The summed E-state index contributed by atoms with van der Waals surface area (Å²) in [6.45, 7) is 6.52. The second-order valence-electron chi connectivity index (χ2n) is 6.45. The molecular weight excluding hydrogens is 306 g/mol. The van der Waals surface area contributed by atoms with Gasteiger partial charge in [-0.2, -0.15) is 0 Å². The molecule has 0 aliphatic carbocycles. The number of likely N-dealkylation sites (tertiary alicyclic amines) is 1. The van der Waals surface area contributed by atoms with Gasteiger partial charge in [0.25, 0.3) is 5.91 Å². The van der Waals surface area contributed by atoms with Crippen LogP contribution in [0, 0.1) is 0 Å². The lowest BCUT2D eigenvalue weighted by Gasteiger charge is -2.23. The zero-order valence-electron chi connectivity index (χ0n) is 14.4. The number of hydrogen-bond donors (Lipinski definition) is 1. The lowest BCUT2D eigenvalue weighted by molar-refractivity contribution is 0.0237. The monoisotopic (exact) mass is 333 g/mol. The maximum atomic E-state index is 12.3. The molecule has 0 bridgehead atoms. The van der Waals surface area contributed by atoms with E-state index < -0.39 is 0 Å². The molecule has 6 heteroatoms. The highest BCUT2D eigenvalue weighted by Crippen LogP contribution is 2.17. The van der Waals surface area contributed by atoms with Gasteiger partial charge in [-0.1, -0.05) is 6.92 Å². The average molecular weight is 333 g/mol. The number of nitrogens with zero attached hydrogens (tertiary/aromatic N) is 2. The number of amides is 1. The van der Waals surface area contributed by atoms with Crippen LogP contribution in [-0.4, -0.2) is 60.8 Å². The van der Waals surface area contributed by atoms with E-state index in [2.05, 4.69) is 22.1 Å². The van der Waals surface area contributed by atoms with E-state index >= 15 is 0 Å². The van der Waals surface area contributed by atoms with Gasteiger partial charge in [-0.15, -0.1) is 0 Å². The highest BCUT2D eigenvalue weighted by molar-refractivity contribution is 5.93. The molecule has 3 heterocycles. The Labute approximate surface area is 143 Å². The van der Waals surface area contributed by atoms with E-state index in [1.54, 1.807) is 18.3 Å². The van der Waals surface area contributed by atoms with Crippen molar-refractivity contribution in [2.24, 2.45) is 0 Å². The lowest BCUT2D eigenvalue weighted by Crippen LogP contribution is -2.40.